The van der Waals surface area contributed by atoms with Gasteiger partial charge in [-0.2, -0.15) is 5.10 Å². The van der Waals surface area contributed by atoms with Crippen molar-refractivity contribution < 1.29 is 19.0 Å². The number of ether oxygens (including phenoxy) is 1. The number of aromatic carboxylic acids is 1. The molecule has 0 aliphatic carbocycles. The molecule has 0 unspecified atom stereocenters. The lowest BCUT2D eigenvalue weighted by atomic mass is 10.1. The third-order valence-corrected chi connectivity index (χ3v) is 3.09. The molecule has 0 saturated heterocycles. The second-order valence-electron chi connectivity index (χ2n) is 3.42. The van der Waals surface area contributed by atoms with Crippen LogP contribution in [0.25, 0.3) is 11.3 Å². The number of halogens is 2. The van der Waals surface area contributed by atoms with E-state index in [0.29, 0.717) is 5.75 Å². The van der Waals surface area contributed by atoms with Crippen molar-refractivity contribution in [3.05, 3.63) is 34.2 Å². The molecule has 0 atom stereocenters. The van der Waals surface area contributed by atoms with Crippen LogP contribution in [0.1, 0.15) is 10.5 Å². The number of H-pyrrole nitrogens is 1. The minimum Gasteiger partial charge on any atom is -0.495 e. The van der Waals surface area contributed by atoms with Crippen molar-refractivity contribution in [3.8, 4) is 17.0 Å². The summed E-state index contributed by atoms with van der Waals surface area (Å²) in [6.07, 6.45) is 0. The number of carbonyl (C=O) groups is 1. The Bertz CT molecular complexity index is 612. The van der Waals surface area contributed by atoms with Crippen LogP contribution >= 0.6 is 15.9 Å². The fourth-order valence-corrected chi connectivity index (χ4v) is 1.96. The first-order valence-corrected chi connectivity index (χ1v) is 5.65. The molecule has 1 aromatic heterocycles. The largest absolute Gasteiger partial charge is 0.495 e. The van der Waals surface area contributed by atoms with Gasteiger partial charge in [0.25, 0.3) is 0 Å². The number of hydrogen-bond acceptors (Lipinski definition) is 3. The molecule has 0 bridgehead atoms. The van der Waals surface area contributed by atoms with E-state index < -0.39 is 11.8 Å². The van der Waals surface area contributed by atoms with Crippen molar-refractivity contribution in [2.75, 3.05) is 7.11 Å². The Kier molecular flexibility index (Phi) is 3.33. The van der Waals surface area contributed by atoms with Gasteiger partial charge in [-0.3, -0.25) is 5.10 Å². The molecule has 5 nitrogen and oxygen atoms in total. The molecule has 18 heavy (non-hydrogen) atoms. The molecule has 2 rings (SSSR count). The van der Waals surface area contributed by atoms with Gasteiger partial charge in [-0.1, -0.05) is 0 Å². The van der Waals surface area contributed by atoms with Gasteiger partial charge < -0.3 is 9.84 Å². The smallest absolute Gasteiger partial charge is 0.353 e. The van der Waals surface area contributed by atoms with Crippen molar-refractivity contribution in [1.29, 1.82) is 0 Å². The molecule has 1 aromatic carbocycles. The van der Waals surface area contributed by atoms with Crippen LogP contribution in [0.5, 0.6) is 5.75 Å². The van der Waals surface area contributed by atoms with Gasteiger partial charge in [0.05, 0.1) is 17.3 Å². The number of carboxylic acids is 1. The van der Waals surface area contributed by atoms with E-state index in [1.54, 1.807) is 6.07 Å². The SMILES string of the molecule is COc1ccc(-c2cc(C(=O)O)[nH]n2)c(F)c1Br. The summed E-state index contributed by atoms with van der Waals surface area (Å²) >= 11 is 3.07. The maximum atomic E-state index is 14.0. The lowest BCUT2D eigenvalue weighted by Crippen LogP contribution is -1.95. The summed E-state index contributed by atoms with van der Waals surface area (Å²) in [6, 6.07) is 4.30. The number of aromatic nitrogens is 2. The summed E-state index contributed by atoms with van der Waals surface area (Å²) in [5.41, 5.74) is 0.302. The van der Waals surface area contributed by atoms with E-state index in [9.17, 15) is 9.18 Å². The van der Waals surface area contributed by atoms with Crippen LogP contribution in [0.3, 0.4) is 0 Å². The van der Waals surface area contributed by atoms with E-state index in [4.69, 9.17) is 9.84 Å². The fourth-order valence-electron chi connectivity index (χ4n) is 1.46. The average Bonchev–Trinajstić information content (AvgIpc) is 2.82. The topological polar surface area (TPSA) is 75.2 Å². The predicted octanol–water partition coefficient (Wildman–Crippen LogP) is 2.69. The standard InChI is InChI=1S/C11H8BrFN2O3/c1-18-8-3-2-5(10(13)9(8)12)6-4-7(11(16)17)15-14-6/h2-4H,1H3,(H,14,15)(H,16,17). The summed E-state index contributed by atoms with van der Waals surface area (Å²) in [4.78, 5) is 10.7. The zero-order valence-corrected chi connectivity index (χ0v) is 10.8. The Morgan fingerprint density at radius 3 is 2.83 bits per heavy atom. The molecule has 0 spiro atoms. The number of methoxy groups -OCH3 is 1. The fraction of sp³-hybridized carbons (Fsp3) is 0.0909. The van der Waals surface area contributed by atoms with Gasteiger partial charge in [-0.25, -0.2) is 9.18 Å². The van der Waals surface area contributed by atoms with Crippen molar-refractivity contribution in [1.82, 2.24) is 10.2 Å². The predicted molar refractivity (Wildman–Crippen MR) is 65.2 cm³/mol. The molecule has 94 valence electrons. The van der Waals surface area contributed by atoms with Crippen LogP contribution in [-0.4, -0.2) is 28.4 Å². The Morgan fingerprint density at radius 2 is 2.28 bits per heavy atom. The highest BCUT2D eigenvalue weighted by atomic mass is 79.9. The molecule has 0 aliphatic rings. The molecule has 0 amide bonds. The van der Waals surface area contributed by atoms with Crippen LogP contribution < -0.4 is 4.74 Å². The number of hydrogen-bond donors (Lipinski definition) is 2. The zero-order valence-electron chi connectivity index (χ0n) is 9.20. The van der Waals surface area contributed by atoms with Crippen LogP contribution in [0.2, 0.25) is 0 Å². The minimum atomic E-state index is -1.15. The first-order valence-electron chi connectivity index (χ1n) is 4.85. The highest BCUT2D eigenvalue weighted by Crippen LogP contribution is 2.34. The highest BCUT2D eigenvalue weighted by Gasteiger charge is 2.16. The third kappa shape index (κ3) is 2.08. The number of nitrogens with zero attached hydrogens (tertiary/aromatic N) is 1. The molecular formula is C11H8BrFN2O3. The normalized spacial score (nSPS) is 10.4. The van der Waals surface area contributed by atoms with Crippen LogP contribution in [0, 0.1) is 5.82 Å². The molecular weight excluding hydrogens is 307 g/mol. The zero-order chi connectivity index (χ0) is 13.3. The van der Waals surface area contributed by atoms with E-state index in [1.807, 2.05) is 0 Å². The molecule has 0 radical (unpaired) electrons. The average molecular weight is 315 g/mol. The van der Waals surface area contributed by atoms with Gasteiger partial charge in [0, 0.05) is 5.56 Å². The van der Waals surface area contributed by atoms with Crippen LogP contribution in [0.15, 0.2) is 22.7 Å². The van der Waals surface area contributed by atoms with Gasteiger partial charge in [0.2, 0.25) is 0 Å². The van der Waals surface area contributed by atoms with E-state index in [1.165, 1.54) is 19.2 Å². The summed E-state index contributed by atoms with van der Waals surface area (Å²) in [5, 5.41) is 14.8. The number of benzene rings is 1. The van der Waals surface area contributed by atoms with Crippen molar-refractivity contribution >= 4 is 21.9 Å². The van der Waals surface area contributed by atoms with Gasteiger partial charge in [-0.15, -0.1) is 0 Å². The summed E-state index contributed by atoms with van der Waals surface area (Å²) in [7, 11) is 1.43. The van der Waals surface area contributed by atoms with Gasteiger partial charge in [-0.05, 0) is 34.1 Å². The van der Waals surface area contributed by atoms with Gasteiger partial charge in [0.1, 0.15) is 11.4 Å². The van der Waals surface area contributed by atoms with Gasteiger partial charge in [0.15, 0.2) is 5.82 Å². The van der Waals surface area contributed by atoms with E-state index in [0.717, 1.165) is 0 Å². The number of carboxylic acid groups (broad SMARTS) is 1. The first kappa shape index (κ1) is 12.6. The number of rotatable bonds is 3. The lowest BCUT2D eigenvalue weighted by molar-refractivity contribution is 0.0690. The Morgan fingerprint density at radius 1 is 1.56 bits per heavy atom. The molecule has 0 aliphatic heterocycles. The van der Waals surface area contributed by atoms with Crippen LogP contribution in [-0.2, 0) is 0 Å². The Hall–Kier alpha value is -1.89. The van der Waals surface area contributed by atoms with Crippen molar-refractivity contribution in [3.63, 3.8) is 0 Å². The summed E-state index contributed by atoms with van der Waals surface area (Å²) < 4.78 is 19.1. The minimum absolute atomic E-state index is 0.101. The second-order valence-corrected chi connectivity index (χ2v) is 4.21. The summed E-state index contributed by atoms with van der Waals surface area (Å²) in [5.74, 6) is -1.36. The second kappa shape index (κ2) is 4.77. The number of nitrogens with one attached hydrogen (secondary N) is 1. The Balaban J connectivity index is 2.50. The molecule has 0 saturated carbocycles. The molecule has 2 aromatic rings. The maximum absolute atomic E-state index is 14.0. The molecule has 0 fully saturated rings. The van der Waals surface area contributed by atoms with Crippen molar-refractivity contribution in [2.24, 2.45) is 0 Å². The molecule has 1 heterocycles. The quantitative estimate of drug-likeness (QED) is 0.913. The van der Waals surface area contributed by atoms with Crippen molar-refractivity contribution in [2.45, 2.75) is 0 Å². The van der Waals surface area contributed by atoms with E-state index in [2.05, 4.69) is 26.1 Å². The highest BCUT2D eigenvalue weighted by molar-refractivity contribution is 9.10. The third-order valence-electron chi connectivity index (χ3n) is 2.35. The number of aromatic amines is 1. The Labute approximate surface area is 110 Å². The summed E-state index contributed by atoms with van der Waals surface area (Å²) in [6.45, 7) is 0. The van der Waals surface area contributed by atoms with Crippen LogP contribution in [0.4, 0.5) is 4.39 Å². The molecule has 7 heteroatoms. The lowest BCUT2D eigenvalue weighted by Gasteiger charge is -2.06. The molecule has 2 N–H and O–H groups in total. The maximum Gasteiger partial charge on any atom is 0.353 e. The first-order chi connectivity index (χ1) is 8.54. The van der Waals surface area contributed by atoms with Gasteiger partial charge >= 0.3 is 5.97 Å². The van der Waals surface area contributed by atoms with E-state index in [-0.39, 0.29) is 21.4 Å². The van der Waals surface area contributed by atoms with E-state index >= 15 is 0 Å². The monoisotopic (exact) mass is 314 g/mol.